The lowest BCUT2D eigenvalue weighted by Crippen LogP contribution is -2.52. The molecule has 0 aromatic heterocycles. The van der Waals surface area contributed by atoms with E-state index in [4.69, 9.17) is 19.8 Å². The van der Waals surface area contributed by atoms with Gasteiger partial charge in [0.2, 0.25) is 10.0 Å². The predicted molar refractivity (Wildman–Crippen MR) is 100 cm³/mol. The number of fused-ring (bicyclic) bond motifs is 1. The maximum Gasteiger partial charge on any atom is 0.414 e. The van der Waals surface area contributed by atoms with Gasteiger partial charge in [0.1, 0.15) is 0 Å². The van der Waals surface area contributed by atoms with E-state index in [-0.39, 0.29) is 5.75 Å². The van der Waals surface area contributed by atoms with Gasteiger partial charge in [0.15, 0.2) is 0 Å². The van der Waals surface area contributed by atoms with Gasteiger partial charge in [0, 0.05) is 32.2 Å². The second-order valence-electron chi connectivity index (χ2n) is 6.69. The fourth-order valence-electron chi connectivity index (χ4n) is 3.53. The van der Waals surface area contributed by atoms with Crippen LogP contribution in [0.15, 0.2) is 24.3 Å². The summed E-state index contributed by atoms with van der Waals surface area (Å²) in [5.41, 5.74) is 2.92. The van der Waals surface area contributed by atoms with Gasteiger partial charge in [-0.05, 0) is 30.4 Å². The first-order valence-electron chi connectivity index (χ1n) is 8.99. The van der Waals surface area contributed by atoms with E-state index < -0.39 is 22.0 Å². The Morgan fingerprint density at radius 1 is 1.00 bits per heavy atom. The van der Waals surface area contributed by atoms with Gasteiger partial charge in [-0.2, -0.15) is 4.31 Å². The van der Waals surface area contributed by atoms with Gasteiger partial charge in [0.05, 0.1) is 5.75 Å². The van der Waals surface area contributed by atoms with Crippen LogP contribution in [0.3, 0.4) is 0 Å². The van der Waals surface area contributed by atoms with E-state index in [1.54, 1.807) is 4.31 Å². The number of aliphatic carboxylic acids is 2. The molecule has 2 N–H and O–H groups in total. The Bertz CT molecular complexity index is 735. The number of hydrogen-bond acceptors (Lipinski definition) is 5. The predicted octanol–water partition coefficient (Wildman–Crippen LogP) is 0.667. The van der Waals surface area contributed by atoms with Crippen LogP contribution < -0.4 is 0 Å². The molecule has 0 radical (unpaired) electrons. The molecule has 0 spiro atoms. The molecule has 1 aromatic rings. The average Bonchev–Trinajstić information content (AvgIpc) is 3.06. The van der Waals surface area contributed by atoms with Gasteiger partial charge < -0.3 is 10.2 Å². The number of piperazine rings is 1. The van der Waals surface area contributed by atoms with Crippen LogP contribution in [0.25, 0.3) is 0 Å². The molecule has 0 amide bonds. The van der Waals surface area contributed by atoms with Gasteiger partial charge in [-0.15, -0.1) is 0 Å². The van der Waals surface area contributed by atoms with Crippen molar-refractivity contribution in [1.29, 1.82) is 0 Å². The maximum absolute atomic E-state index is 12.1. The molecule has 8 nitrogen and oxygen atoms in total. The second kappa shape index (κ2) is 9.29. The summed E-state index contributed by atoms with van der Waals surface area (Å²) in [6.45, 7) is 4.94. The highest BCUT2D eigenvalue weighted by atomic mass is 32.2. The Hall–Kier alpha value is -1.97. The van der Waals surface area contributed by atoms with Crippen molar-refractivity contribution < 1.29 is 28.2 Å². The third-order valence-electron chi connectivity index (χ3n) is 4.86. The highest BCUT2D eigenvalue weighted by Gasteiger charge is 2.32. The monoisotopic (exact) mass is 398 g/mol. The van der Waals surface area contributed by atoms with Crippen molar-refractivity contribution in [3.63, 3.8) is 0 Å². The van der Waals surface area contributed by atoms with Crippen LogP contribution in [-0.2, 0) is 32.5 Å². The second-order valence-corrected chi connectivity index (χ2v) is 8.78. The summed E-state index contributed by atoms with van der Waals surface area (Å²) in [5, 5.41) is 14.8. The first-order valence-corrected chi connectivity index (χ1v) is 10.6. The third-order valence-corrected chi connectivity index (χ3v) is 6.93. The van der Waals surface area contributed by atoms with E-state index in [0.717, 1.165) is 25.9 Å². The van der Waals surface area contributed by atoms with E-state index in [2.05, 4.69) is 29.2 Å². The molecule has 0 atom stereocenters. The average molecular weight is 398 g/mol. The number of benzene rings is 1. The summed E-state index contributed by atoms with van der Waals surface area (Å²) in [6, 6.07) is 9.21. The van der Waals surface area contributed by atoms with E-state index in [1.165, 1.54) is 11.1 Å². The fraction of sp³-hybridized carbons (Fsp3) is 0.556. The molecule has 3 rings (SSSR count). The van der Waals surface area contributed by atoms with Crippen molar-refractivity contribution in [2.45, 2.75) is 32.2 Å². The minimum atomic E-state index is -3.03. The fourth-order valence-corrected chi connectivity index (χ4v) is 5.02. The Morgan fingerprint density at radius 2 is 1.48 bits per heavy atom. The smallest absolute Gasteiger partial charge is 0.414 e. The lowest BCUT2D eigenvalue weighted by molar-refractivity contribution is -0.159. The molecule has 1 fully saturated rings. The van der Waals surface area contributed by atoms with Crippen LogP contribution in [0.1, 0.15) is 24.5 Å². The van der Waals surface area contributed by atoms with Crippen molar-refractivity contribution in [3.05, 3.63) is 35.4 Å². The molecule has 9 heteroatoms. The largest absolute Gasteiger partial charge is 0.473 e. The van der Waals surface area contributed by atoms with E-state index in [0.29, 0.717) is 25.6 Å². The number of nitrogens with zero attached hydrogens (tertiary/aromatic N) is 2. The lowest BCUT2D eigenvalue weighted by atomic mass is 10.1. The van der Waals surface area contributed by atoms with Crippen LogP contribution in [0.5, 0.6) is 0 Å². The van der Waals surface area contributed by atoms with Crippen LogP contribution in [0.4, 0.5) is 0 Å². The van der Waals surface area contributed by atoms with Crippen LogP contribution >= 0.6 is 0 Å². The number of carboxylic acids is 2. The zero-order valence-corrected chi connectivity index (χ0v) is 16.2. The molecule has 0 unspecified atom stereocenters. The standard InChI is InChI=1S/C16H24N2O2S.C2H2O4/c1-2-11-21(19,20)18-9-7-17(8-10-18)16-12-14-5-3-4-6-15(14)13-16;3-1(4)2(5)6/h3-6,16H,2,7-13H2,1H3;(H,3,4)(H,5,6). The molecule has 0 saturated carbocycles. The first-order chi connectivity index (χ1) is 12.7. The highest BCUT2D eigenvalue weighted by molar-refractivity contribution is 7.89. The van der Waals surface area contributed by atoms with E-state index >= 15 is 0 Å². The summed E-state index contributed by atoms with van der Waals surface area (Å²) in [6.07, 6.45) is 2.91. The zero-order valence-electron chi connectivity index (χ0n) is 15.4. The molecule has 1 aromatic carbocycles. The molecule has 150 valence electrons. The summed E-state index contributed by atoms with van der Waals surface area (Å²) >= 11 is 0. The minimum absolute atomic E-state index is 0.280. The van der Waals surface area contributed by atoms with Crippen molar-refractivity contribution >= 4 is 22.0 Å². The van der Waals surface area contributed by atoms with Crippen LogP contribution in [-0.4, -0.2) is 77.7 Å². The molecule has 1 heterocycles. The normalized spacial score (nSPS) is 18.4. The number of carbonyl (C=O) groups is 2. The molecule has 1 aliphatic heterocycles. The van der Waals surface area contributed by atoms with E-state index in [9.17, 15) is 8.42 Å². The van der Waals surface area contributed by atoms with Crippen molar-refractivity contribution in [3.8, 4) is 0 Å². The van der Waals surface area contributed by atoms with Gasteiger partial charge in [-0.3, -0.25) is 4.90 Å². The van der Waals surface area contributed by atoms with Crippen molar-refractivity contribution in [1.82, 2.24) is 9.21 Å². The van der Waals surface area contributed by atoms with E-state index in [1.807, 2.05) is 6.92 Å². The Morgan fingerprint density at radius 3 is 1.89 bits per heavy atom. The topological polar surface area (TPSA) is 115 Å². The zero-order chi connectivity index (χ0) is 20.0. The minimum Gasteiger partial charge on any atom is -0.473 e. The molecule has 0 bridgehead atoms. The van der Waals surface area contributed by atoms with Crippen LogP contribution in [0, 0.1) is 0 Å². The van der Waals surface area contributed by atoms with Gasteiger partial charge in [-0.1, -0.05) is 31.2 Å². The molecule has 1 aliphatic carbocycles. The third kappa shape index (κ3) is 5.75. The SMILES string of the molecule is CCCS(=O)(=O)N1CCN(C2Cc3ccccc3C2)CC1.O=C(O)C(=O)O. The molecule has 27 heavy (non-hydrogen) atoms. The highest BCUT2D eigenvalue weighted by Crippen LogP contribution is 2.26. The number of hydrogen-bond donors (Lipinski definition) is 2. The molecule has 2 aliphatic rings. The Labute approximate surface area is 159 Å². The van der Waals surface area contributed by atoms with Gasteiger partial charge >= 0.3 is 11.9 Å². The number of carboxylic acid groups (broad SMARTS) is 2. The van der Waals surface area contributed by atoms with Gasteiger partial charge in [0.25, 0.3) is 0 Å². The quantitative estimate of drug-likeness (QED) is 0.716. The number of sulfonamides is 1. The molecular formula is C18H26N2O6S. The van der Waals surface area contributed by atoms with Gasteiger partial charge in [-0.25, -0.2) is 18.0 Å². The molecule has 1 saturated heterocycles. The Balaban J connectivity index is 0.000000380. The number of rotatable bonds is 4. The summed E-state index contributed by atoms with van der Waals surface area (Å²) in [5.74, 6) is -3.37. The summed E-state index contributed by atoms with van der Waals surface area (Å²) in [4.78, 5) is 20.7. The van der Waals surface area contributed by atoms with Crippen LogP contribution in [0.2, 0.25) is 0 Å². The van der Waals surface area contributed by atoms with Crippen molar-refractivity contribution in [2.24, 2.45) is 0 Å². The Kier molecular flexibility index (Phi) is 7.34. The first kappa shape index (κ1) is 21.3. The van der Waals surface area contributed by atoms with Crippen molar-refractivity contribution in [2.75, 3.05) is 31.9 Å². The summed E-state index contributed by atoms with van der Waals surface area (Å²) in [7, 11) is -3.03. The molecular weight excluding hydrogens is 372 g/mol. The lowest BCUT2D eigenvalue weighted by Gasteiger charge is -2.37. The maximum atomic E-state index is 12.1. The summed E-state index contributed by atoms with van der Waals surface area (Å²) < 4.78 is 25.9.